The molecule has 0 saturated heterocycles. The highest BCUT2D eigenvalue weighted by molar-refractivity contribution is 7.78. The van der Waals surface area contributed by atoms with Crippen molar-refractivity contribution in [1.82, 2.24) is 5.43 Å². The van der Waals surface area contributed by atoms with Crippen molar-refractivity contribution < 1.29 is 4.79 Å². The maximum atomic E-state index is 11.0. The molecule has 0 unspecified atom stereocenters. The van der Waals surface area contributed by atoms with E-state index in [2.05, 4.69) is 22.4 Å². The third kappa shape index (κ3) is 2.45. The van der Waals surface area contributed by atoms with Gasteiger partial charge in [-0.2, -0.15) is 4.99 Å². The molecule has 0 atom stereocenters. The average molecular weight is 193 g/mol. The van der Waals surface area contributed by atoms with E-state index in [1.807, 2.05) is 5.43 Å². The van der Waals surface area contributed by atoms with Crippen molar-refractivity contribution in [3.8, 4) is 0 Å². The Balaban J connectivity index is 2.93. The Bertz CT molecular complexity index is 354. The van der Waals surface area contributed by atoms with Gasteiger partial charge in [-0.15, -0.1) is 0 Å². The van der Waals surface area contributed by atoms with Gasteiger partial charge in [0.15, 0.2) is 0 Å². The van der Waals surface area contributed by atoms with Gasteiger partial charge >= 0.3 is 0 Å². The molecular formula is C8H7N3OS. The summed E-state index contributed by atoms with van der Waals surface area (Å²) >= 11 is 4.43. The van der Waals surface area contributed by atoms with Gasteiger partial charge in [-0.25, -0.2) is 5.84 Å². The zero-order chi connectivity index (χ0) is 9.68. The van der Waals surface area contributed by atoms with Gasteiger partial charge in [0.1, 0.15) is 0 Å². The van der Waals surface area contributed by atoms with E-state index in [4.69, 9.17) is 5.84 Å². The van der Waals surface area contributed by atoms with Crippen LogP contribution in [0.2, 0.25) is 0 Å². The maximum absolute atomic E-state index is 11.0. The summed E-state index contributed by atoms with van der Waals surface area (Å²) in [6.45, 7) is 0. The summed E-state index contributed by atoms with van der Waals surface area (Å²) in [4.78, 5) is 14.7. The number of rotatable bonds is 2. The summed E-state index contributed by atoms with van der Waals surface area (Å²) in [6.07, 6.45) is 0. The van der Waals surface area contributed by atoms with Crippen LogP contribution in [0, 0.1) is 0 Å². The molecule has 0 spiro atoms. The van der Waals surface area contributed by atoms with Crippen LogP contribution in [-0.4, -0.2) is 11.1 Å². The SMILES string of the molecule is NNC(=O)c1ccc(N=C=S)cc1. The van der Waals surface area contributed by atoms with Crippen molar-refractivity contribution in [2.75, 3.05) is 0 Å². The number of thiocarbonyl (C=S) groups is 1. The minimum Gasteiger partial charge on any atom is -0.290 e. The van der Waals surface area contributed by atoms with E-state index < -0.39 is 0 Å². The van der Waals surface area contributed by atoms with Crippen LogP contribution in [-0.2, 0) is 0 Å². The van der Waals surface area contributed by atoms with Gasteiger partial charge in [0, 0.05) is 5.56 Å². The van der Waals surface area contributed by atoms with Gasteiger partial charge in [0.25, 0.3) is 5.91 Å². The van der Waals surface area contributed by atoms with Crippen LogP contribution in [0.3, 0.4) is 0 Å². The molecule has 0 aliphatic heterocycles. The number of amides is 1. The Morgan fingerprint density at radius 1 is 1.46 bits per heavy atom. The number of nitrogens with zero attached hydrogens (tertiary/aromatic N) is 1. The average Bonchev–Trinajstić information content (AvgIpc) is 2.18. The maximum Gasteiger partial charge on any atom is 0.265 e. The first-order valence-corrected chi connectivity index (χ1v) is 3.87. The van der Waals surface area contributed by atoms with Crippen LogP contribution in [0.15, 0.2) is 29.3 Å². The molecule has 13 heavy (non-hydrogen) atoms. The van der Waals surface area contributed by atoms with E-state index in [-0.39, 0.29) is 5.91 Å². The lowest BCUT2D eigenvalue weighted by molar-refractivity contribution is 0.0953. The molecular weight excluding hydrogens is 186 g/mol. The van der Waals surface area contributed by atoms with Crippen LogP contribution in [0.1, 0.15) is 10.4 Å². The molecule has 1 aromatic carbocycles. The topological polar surface area (TPSA) is 67.5 Å². The number of nitrogens with one attached hydrogen (secondary N) is 1. The van der Waals surface area contributed by atoms with Crippen LogP contribution >= 0.6 is 12.2 Å². The Morgan fingerprint density at radius 3 is 2.54 bits per heavy atom. The van der Waals surface area contributed by atoms with Crippen molar-refractivity contribution in [3.05, 3.63) is 29.8 Å². The number of nitrogen functional groups attached to an aromatic ring is 1. The normalized spacial score (nSPS) is 8.69. The van der Waals surface area contributed by atoms with E-state index in [0.29, 0.717) is 11.3 Å². The van der Waals surface area contributed by atoms with Gasteiger partial charge in [-0.05, 0) is 36.5 Å². The highest BCUT2D eigenvalue weighted by atomic mass is 32.1. The van der Waals surface area contributed by atoms with E-state index in [1.165, 1.54) is 0 Å². The molecule has 1 amide bonds. The largest absolute Gasteiger partial charge is 0.290 e. The fraction of sp³-hybridized carbons (Fsp3) is 0. The molecule has 0 heterocycles. The number of hydrogen-bond acceptors (Lipinski definition) is 4. The monoisotopic (exact) mass is 193 g/mol. The predicted octanol–water partition coefficient (Wildman–Crippen LogP) is 1.02. The first-order valence-electron chi connectivity index (χ1n) is 3.47. The van der Waals surface area contributed by atoms with Crippen molar-refractivity contribution in [2.24, 2.45) is 10.8 Å². The highest BCUT2D eigenvalue weighted by Crippen LogP contribution is 2.11. The smallest absolute Gasteiger partial charge is 0.265 e. The second-order valence-electron chi connectivity index (χ2n) is 2.22. The Morgan fingerprint density at radius 2 is 2.08 bits per heavy atom. The van der Waals surface area contributed by atoms with Crippen LogP contribution in [0.5, 0.6) is 0 Å². The fourth-order valence-electron chi connectivity index (χ4n) is 0.823. The molecule has 0 aromatic heterocycles. The summed E-state index contributed by atoms with van der Waals surface area (Å²) in [5.74, 6) is 4.61. The molecule has 0 aliphatic carbocycles. The van der Waals surface area contributed by atoms with Gasteiger partial charge in [0.05, 0.1) is 10.8 Å². The summed E-state index contributed by atoms with van der Waals surface area (Å²) in [5.41, 5.74) is 3.16. The number of hydrazine groups is 1. The lowest BCUT2D eigenvalue weighted by Crippen LogP contribution is -2.29. The molecule has 4 nitrogen and oxygen atoms in total. The molecule has 0 fully saturated rings. The number of carbonyl (C=O) groups excluding carboxylic acids is 1. The Labute approximate surface area is 80.4 Å². The van der Waals surface area contributed by atoms with Crippen molar-refractivity contribution in [2.45, 2.75) is 0 Å². The fourth-order valence-corrected chi connectivity index (χ4v) is 0.929. The number of isothiocyanates is 1. The molecule has 5 heteroatoms. The van der Waals surface area contributed by atoms with Gasteiger partial charge < -0.3 is 0 Å². The summed E-state index contributed by atoms with van der Waals surface area (Å²) in [7, 11) is 0. The van der Waals surface area contributed by atoms with Gasteiger partial charge in [0.2, 0.25) is 0 Å². The molecule has 0 aliphatic rings. The van der Waals surface area contributed by atoms with Crippen molar-refractivity contribution in [1.29, 1.82) is 0 Å². The zero-order valence-electron chi connectivity index (χ0n) is 6.65. The van der Waals surface area contributed by atoms with E-state index in [9.17, 15) is 4.79 Å². The third-order valence-electron chi connectivity index (χ3n) is 1.44. The Hall–Kier alpha value is -1.55. The lowest BCUT2D eigenvalue weighted by Gasteiger charge is -1.98. The van der Waals surface area contributed by atoms with E-state index in [1.54, 1.807) is 24.3 Å². The van der Waals surface area contributed by atoms with Crippen molar-refractivity contribution in [3.63, 3.8) is 0 Å². The zero-order valence-corrected chi connectivity index (χ0v) is 7.47. The number of aliphatic imine (C=N–C) groups is 1. The molecule has 66 valence electrons. The molecule has 3 N–H and O–H groups in total. The van der Waals surface area contributed by atoms with Crippen molar-refractivity contribution >= 4 is 29.0 Å². The molecule has 0 radical (unpaired) electrons. The quantitative estimate of drug-likeness (QED) is 0.242. The molecule has 1 aromatic rings. The summed E-state index contributed by atoms with van der Waals surface area (Å²) < 4.78 is 0. The van der Waals surface area contributed by atoms with Crippen LogP contribution in [0.4, 0.5) is 5.69 Å². The standard InChI is InChI=1S/C8H7N3OS/c9-11-8(12)6-1-3-7(4-2-6)10-5-13/h1-4H,9H2,(H,11,12). The third-order valence-corrected chi connectivity index (χ3v) is 1.53. The predicted molar refractivity (Wildman–Crippen MR) is 52.8 cm³/mol. The number of nitrogens with two attached hydrogens (primary N) is 1. The number of benzene rings is 1. The van der Waals surface area contributed by atoms with E-state index in [0.717, 1.165) is 0 Å². The molecule has 0 saturated carbocycles. The second kappa shape index (κ2) is 4.47. The van der Waals surface area contributed by atoms with Gasteiger partial charge in [-0.1, -0.05) is 0 Å². The van der Waals surface area contributed by atoms with Gasteiger partial charge in [-0.3, -0.25) is 10.2 Å². The summed E-state index contributed by atoms with van der Waals surface area (Å²) in [5, 5.41) is 2.23. The van der Waals surface area contributed by atoms with Crippen LogP contribution < -0.4 is 11.3 Å². The minimum absolute atomic E-state index is 0.335. The first-order chi connectivity index (χ1) is 6.27. The Kier molecular flexibility index (Phi) is 3.28. The lowest BCUT2D eigenvalue weighted by atomic mass is 10.2. The number of hydrogen-bond donors (Lipinski definition) is 2. The highest BCUT2D eigenvalue weighted by Gasteiger charge is 2.01. The minimum atomic E-state index is -0.335. The van der Waals surface area contributed by atoms with E-state index >= 15 is 0 Å². The molecule has 1 rings (SSSR count). The van der Waals surface area contributed by atoms with Crippen LogP contribution in [0.25, 0.3) is 0 Å². The first kappa shape index (κ1) is 9.54. The molecule has 0 bridgehead atoms. The number of carbonyl (C=O) groups is 1. The summed E-state index contributed by atoms with van der Waals surface area (Å²) in [6, 6.07) is 6.52. The second-order valence-corrected chi connectivity index (χ2v) is 2.41.